The van der Waals surface area contributed by atoms with Crippen molar-refractivity contribution in [1.29, 1.82) is 0 Å². The van der Waals surface area contributed by atoms with Gasteiger partial charge in [0.05, 0.1) is 11.3 Å². The first-order valence-corrected chi connectivity index (χ1v) is 12.4. The number of anilines is 1. The highest BCUT2D eigenvalue weighted by Gasteiger charge is 2.29. The number of nitrogens with two attached hydrogens (primary N) is 2. The molecule has 0 unspecified atom stereocenters. The third-order valence-electron chi connectivity index (χ3n) is 6.03. The van der Waals surface area contributed by atoms with E-state index >= 15 is 0 Å². The first-order valence-electron chi connectivity index (χ1n) is 12.4. The van der Waals surface area contributed by atoms with Crippen LogP contribution in [-0.2, 0) is 11.2 Å². The quantitative estimate of drug-likeness (QED) is 0.158. The summed E-state index contributed by atoms with van der Waals surface area (Å²) >= 11 is 0. The van der Waals surface area contributed by atoms with Crippen LogP contribution in [0.1, 0.15) is 76.9 Å². The van der Waals surface area contributed by atoms with Gasteiger partial charge in [-0.15, -0.1) is 0 Å². The van der Waals surface area contributed by atoms with E-state index in [0.717, 1.165) is 42.0 Å². The van der Waals surface area contributed by atoms with Crippen molar-refractivity contribution in [3.05, 3.63) is 46.8 Å². The van der Waals surface area contributed by atoms with Crippen molar-refractivity contribution in [1.82, 2.24) is 4.98 Å². The Kier molecular flexibility index (Phi) is 11.4. The van der Waals surface area contributed by atoms with Crippen molar-refractivity contribution in [2.45, 2.75) is 80.3 Å². The molecule has 8 heteroatoms. The number of pyridine rings is 1. The zero-order valence-electron chi connectivity index (χ0n) is 23.2. The Labute approximate surface area is 216 Å². The normalized spacial score (nSPS) is 15.2. The molecule has 1 fully saturated rings. The minimum atomic E-state index is -0.500. The number of aromatic nitrogens is 1. The predicted octanol–water partition coefficient (Wildman–Crippen LogP) is 4.61. The van der Waals surface area contributed by atoms with Crippen molar-refractivity contribution < 1.29 is 15.0 Å². The Hall–Kier alpha value is -3.13. The maximum Gasteiger partial charge on any atom is 0.290 e. The van der Waals surface area contributed by atoms with Crippen LogP contribution < -0.4 is 16.5 Å². The highest BCUT2D eigenvalue weighted by molar-refractivity contribution is 5.99. The summed E-state index contributed by atoms with van der Waals surface area (Å²) in [5, 5.41) is 19.1. The van der Waals surface area contributed by atoms with E-state index in [0.29, 0.717) is 11.3 Å². The molecule has 0 aliphatic carbocycles. The number of aliphatic hydroxyl groups is 1. The summed E-state index contributed by atoms with van der Waals surface area (Å²) < 4.78 is 0. The van der Waals surface area contributed by atoms with E-state index in [4.69, 9.17) is 31.6 Å². The molecule has 0 spiro atoms. The lowest BCUT2D eigenvalue weighted by molar-refractivity contribution is -0.122. The molecule has 36 heavy (non-hydrogen) atoms. The fraction of sp³-hybridized carbons (Fsp3) is 0.536. The fourth-order valence-corrected chi connectivity index (χ4v) is 4.23. The minimum absolute atomic E-state index is 0.250. The zero-order valence-corrected chi connectivity index (χ0v) is 23.2. The molecule has 3 rings (SSSR count). The summed E-state index contributed by atoms with van der Waals surface area (Å²) in [5.41, 5.74) is 13.9. The van der Waals surface area contributed by atoms with Gasteiger partial charge in [-0.2, -0.15) is 5.10 Å². The second kappa shape index (κ2) is 13.3. The highest BCUT2D eigenvalue weighted by atomic mass is 16.3. The van der Waals surface area contributed by atoms with Gasteiger partial charge < -0.3 is 26.7 Å². The van der Waals surface area contributed by atoms with Gasteiger partial charge in [0.2, 0.25) is 0 Å². The van der Waals surface area contributed by atoms with Crippen LogP contribution in [0.4, 0.5) is 5.69 Å². The molecular weight excluding hydrogens is 454 g/mol. The molecule has 6 N–H and O–H groups in total. The van der Waals surface area contributed by atoms with Gasteiger partial charge in [-0.25, -0.2) is 0 Å². The third kappa shape index (κ3) is 9.15. The van der Waals surface area contributed by atoms with Crippen LogP contribution in [0, 0.1) is 19.3 Å². The summed E-state index contributed by atoms with van der Waals surface area (Å²) in [4.78, 5) is 15.8. The lowest BCUT2D eigenvalue weighted by Crippen LogP contribution is -2.38. The number of hydrazone groups is 1. The van der Waals surface area contributed by atoms with Crippen LogP contribution in [0.5, 0.6) is 0 Å². The summed E-state index contributed by atoms with van der Waals surface area (Å²) in [7, 11) is 0. The van der Waals surface area contributed by atoms with E-state index < -0.39 is 5.60 Å². The van der Waals surface area contributed by atoms with Crippen molar-refractivity contribution in [2.75, 3.05) is 18.0 Å². The molecule has 0 radical (unpaired) electrons. The molecule has 200 valence electrons. The van der Waals surface area contributed by atoms with E-state index in [1.807, 2.05) is 12.1 Å². The Balaban J connectivity index is 0.000000709. The van der Waals surface area contributed by atoms with Gasteiger partial charge in [-0.05, 0) is 76.5 Å². The summed E-state index contributed by atoms with van der Waals surface area (Å²) in [5.74, 6) is 5.75. The number of hydrogen-bond donors (Lipinski definition) is 4. The second-order valence-corrected chi connectivity index (χ2v) is 10.9. The third-order valence-corrected chi connectivity index (χ3v) is 6.03. The number of carboxylic acid groups (broad SMARTS) is 1. The Morgan fingerprint density at radius 3 is 2.19 bits per heavy atom. The van der Waals surface area contributed by atoms with Crippen LogP contribution in [0.3, 0.4) is 0 Å². The van der Waals surface area contributed by atoms with Gasteiger partial charge >= 0.3 is 0 Å². The monoisotopic (exact) mass is 499 g/mol. The molecule has 0 bridgehead atoms. The molecule has 0 atom stereocenters. The fourth-order valence-electron chi connectivity index (χ4n) is 4.23. The average Bonchev–Trinajstić information content (AvgIpc) is 2.78. The lowest BCUT2D eigenvalue weighted by atomic mass is 9.82. The molecule has 1 aliphatic heterocycles. The van der Waals surface area contributed by atoms with Gasteiger partial charge in [-0.1, -0.05) is 39.0 Å². The van der Waals surface area contributed by atoms with Gasteiger partial charge in [0, 0.05) is 35.6 Å². The van der Waals surface area contributed by atoms with Crippen LogP contribution in [0.2, 0.25) is 0 Å². The summed E-state index contributed by atoms with van der Waals surface area (Å²) in [6, 6.07) is 8.15. The molecule has 1 saturated heterocycles. The SMILES string of the molecule is CC(C)(C)O.CCc1c(C)nc(C)c(-c2cccc(/C(N)=N/N)c2)c1N1CCC(C)(C)CC1.O=CO. The number of nitrogens with zero attached hydrogens (tertiary/aromatic N) is 3. The largest absolute Gasteiger partial charge is 0.483 e. The average molecular weight is 500 g/mol. The van der Waals surface area contributed by atoms with E-state index in [1.165, 1.54) is 29.7 Å². The Bertz CT molecular complexity index is 1030. The van der Waals surface area contributed by atoms with Gasteiger partial charge in [0.15, 0.2) is 0 Å². The van der Waals surface area contributed by atoms with E-state index in [1.54, 1.807) is 20.8 Å². The Morgan fingerprint density at radius 2 is 1.72 bits per heavy atom. The number of rotatable bonds is 4. The number of carbonyl (C=O) groups is 1. The topological polar surface area (TPSA) is 138 Å². The molecule has 8 nitrogen and oxygen atoms in total. The van der Waals surface area contributed by atoms with Crippen LogP contribution in [0.15, 0.2) is 29.4 Å². The van der Waals surface area contributed by atoms with Gasteiger partial charge in [0.25, 0.3) is 6.47 Å². The van der Waals surface area contributed by atoms with Crippen molar-refractivity contribution in [2.24, 2.45) is 22.1 Å². The molecular formula is C28H45N5O3. The molecule has 0 saturated carbocycles. The predicted molar refractivity (Wildman–Crippen MR) is 149 cm³/mol. The highest BCUT2D eigenvalue weighted by Crippen LogP contribution is 2.41. The van der Waals surface area contributed by atoms with E-state index in [9.17, 15) is 0 Å². The van der Waals surface area contributed by atoms with E-state index in [2.05, 4.69) is 56.8 Å². The van der Waals surface area contributed by atoms with E-state index in [-0.39, 0.29) is 6.47 Å². The van der Waals surface area contributed by atoms with Gasteiger partial charge in [0.1, 0.15) is 5.84 Å². The van der Waals surface area contributed by atoms with Gasteiger partial charge in [-0.3, -0.25) is 9.78 Å². The van der Waals surface area contributed by atoms with Crippen LogP contribution in [0.25, 0.3) is 11.1 Å². The standard InChI is InChI=1S/C23H33N5.C4H10O.CH2O2/c1-6-19-15(2)26-16(3)20(17-8-7-9-18(14-17)22(24)27-25)21(19)28-12-10-23(4,5)11-13-28;1-4(2,3)5;2-1-3/h7-9,14H,6,10-13,25H2,1-5H3,(H2,24,27);5H,1-3H3;1H,(H,2,3). The first kappa shape index (κ1) is 30.9. The summed E-state index contributed by atoms with van der Waals surface area (Å²) in [6.45, 7) is 18.3. The lowest BCUT2D eigenvalue weighted by Gasteiger charge is -2.40. The zero-order chi connectivity index (χ0) is 27.7. The molecule has 1 aliphatic rings. The van der Waals surface area contributed by atoms with Crippen molar-refractivity contribution in [3.8, 4) is 11.1 Å². The number of hydrogen-bond acceptors (Lipinski definition) is 6. The molecule has 1 aromatic carbocycles. The maximum atomic E-state index is 8.52. The molecule has 2 aromatic rings. The number of aryl methyl sites for hydroxylation is 2. The van der Waals surface area contributed by atoms with Crippen molar-refractivity contribution >= 4 is 18.0 Å². The summed E-state index contributed by atoms with van der Waals surface area (Å²) in [6.07, 6.45) is 3.36. The minimum Gasteiger partial charge on any atom is -0.483 e. The molecule has 1 aromatic heterocycles. The second-order valence-electron chi connectivity index (χ2n) is 10.9. The van der Waals surface area contributed by atoms with Crippen molar-refractivity contribution in [3.63, 3.8) is 0 Å². The smallest absolute Gasteiger partial charge is 0.290 e. The molecule has 2 heterocycles. The number of amidine groups is 1. The number of piperidine rings is 1. The maximum absolute atomic E-state index is 8.52. The number of benzene rings is 1. The Morgan fingerprint density at radius 1 is 1.19 bits per heavy atom. The first-order chi connectivity index (χ1) is 16.7. The van der Waals surface area contributed by atoms with Crippen LogP contribution >= 0.6 is 0 Å². The van der Waals surface area contributed by atoms with Crippen LogP contribution in [-0.4, -0.2) is 46.2 Å². The molecule has 0 amide bonds.